The number of benzene rings is 2. The van der Waals surface area contributed by atoms with Gasteiger partial charge in [-0.1, -0.05) is 6.07 Å². The van der Waals surface area contributed by atoms with Crippen LogP contribution in [0.25, 0.3) is 0 Å². The van der Waals surface area contributed by atoms with Gasteiger partial charge in [0, 0.05) is 0 Å². The zero-order chi connectivity index (χ0) is 20.4. The first kappa shape index (κ1) is 20.4. The highest BCUT2D eigenvalue weighted by molar-refractivity contribution is 7.89. The highest BCUT2D eigenvalue weighted by Gasteiger charge is 2.24. The summed E-state index contributed by atoms with van der Waals surface area (Å²) >= 11 is 0. The standard InChI is InChI=1S/C16H13F3N2O5S/c1-8(15(22)21-14-12(18)3-2-4-13(14)19)26-16(23)10-7-9(27(20,24)25)5-6-11(10)17/h2-8H,1H3,(H,21,22)(H2,20,24,25)/t8-/m1/s1. The molecule has 2 aromatic carbocycles. The zero-order valence-electron chi connectivity index (χ0n) is 13.7. The second-order valence-corrected chi connectivity index (χ2v) is 6.88. The average Bonchev–Trinajstić information content (AvgIpc) is 2.57. The Kier molecular flexibility index (Phi) is 5.86. The van der Waals surface area contributed by atoms with Gasteiger partial charge < -0.3 is 10.1 Å². The summed E-state index contributed by atoms with van der Waals surface area (Å²) in [5, 5.41) is 6.81. The van der Waals surface area contributed by atoms with Gasteiger partial charge in [0.2, 0.25) is 10.0 Å². The van der Waals surface area contributed by atoms with Crippen molar-refractivity contribution in [3.8, 4) is 0 Å². The van der Waals surface area contributed by atoms with Crippen molar-refractivity contribution in [3.63, 3.8) is 0 Å². The minimum absolute atomic E-state index is 0.540. The first-order chi connectivity index (χ1) is 12.5. The van der Waals surface area contributed by atoms with E-state index in [1.807, 2.05) is 5.32 Å². The number of anilines is 1. The number of primary sulfonamides is 1. The van der Waals surface area contributed by atoms with E-state index in [2.05, 4.69) is 0 Å². The highest BCUT2D eigenvalue weighted by Crippen LogP contribution is 2.19. The van der Waals surface area contributed by atoms with E-state index in [4.69, 9.17) is 9.88 Å². The predicted octanol–water partition coefficient (Wildman–Crippen LogP) is 1.94. The average molecular weight is 402 g/mol. The highest BCUT2D eigenvalue weighted by atomic mass is 32.2. The number of sulfonamides is 1. The largest absolute Gasteiger partial charge is 0.449 e. The molecule has 2 rings (SSSR count). The number of para-hydroxylation sites is 1. The summed E-state index contributed by atoms with van der Waals surface area (Å²) in [6, 6.07) is 5.08. The molecule has 0 saturated carbocycles. The maximum Gasteiger partial charge on any atom is 0.341 e. The van der Waals surface area contributed by atoms with Crippen LogP contribution < -0.4 is 10.5 Å². The number of nitrogens with two attached hydrogens (primary N) is 1. The van der Waals surface area contributed by atoms with Crippen LogP contribution in [0, 0.1) is 17.5 Å². The van der Waals surface area contributed by atoms with E-state index in [0.717, 1.165) is 31.2 Å². The second-order valence-electron chi connectivity index (χ2n) is 5.32. The van der Waals surface area contributed by atoms with Crippen molar-refractivity contribution in [1.82, 2.24) is 0 Å². The number of hydrogen-bond donors (Lipinski definition) is 2. The molecule has 0 saturated heterocycles. The van der Waals surface area contributed by atoms with Crippen LogP contribution in [-0.4, -0.2) is 26.4 Å². The molecule has 0 aliphatic carbocycles. The summed E-state index contributed by atoms with van der Waals surface area (Å²) in [6.07, 6.45) is -1.57. The Morgan fingerprint density at radius 1 is 1.07 bits per heavy atom. The quantitative estimate of drug-likeness (QED) is 0.742. The minimum Gasteiger partial charge on any atom is -0.449 e. The summed E-state index contributed by atoms with van der Waals surface area (Å²) in [5.41, 5.74) is -1.52. The number of ether oxygens (including phenoxy) is 1. The first-order valence-electron chi connectivity index (χ1n) is 7.29. The molecule has 1 atom stereocenters. The molecule has 0 aromatic heterocycles. The lowest BCUT2D eigenvalue weighted by Gasteiger charge is -2.14. The van der Waals surface area contributed by atoms with Gasteiger partial charge in [-0.2, -0.15) is 0 Å². The third-order valence-corrected chi connectivity index (χ3v) is 4.26. The Hall–Kier alpha value is -2.92. The molecular formula is C16H13F3N2O5S. The normalized spacial score (nSPS) is 12.3. The van der Waals surface area contributed by atoms with Gasteiger partial charge in [0.25, 0.3) is 5.91 Å². The molecule has 7 nitrogen and oxygen atoms in total. The summed E-state index contributed by atoms with van der Waals surface area (Å²) in [4.78, 5) is 23.4. The lowest BCUT2D eigenvalue weighted by molar-refractivity contribution is -0.123. The fourth-order valence-corrected chi connectivity index (χ4v) is 2.50. The molecule has 0 fully saturated rings. The van der Waals surface area contributed by atoms with Crippen molar-refractivity contribution in [2.45, 2.75) is 17.9 Å². The monoisotopic (exact) mass is 402 g/mol. The van der Waals surface area contributed by atoms with Gasteiger partial charge >= 0.3 is 5.97 Å². The summed E-state index contributed by atoms with van der Waals surface area (Å²) in [7, 11) is -4.21. The van der Waals surface area contributed by atoms with E-state index in [1.54, 1.807) is 0 Å². The van der Waals surface area contributed by atoms with Crippen LogP contribution in [0.3, 0.4) is 0 Å². The van der Waals surface area contributed by atoms with Crippen molar-refractivity contribution in [1.29, 1.82) is 0 Å². The molecular weight excluding hydrogens is 389 g/mol. The lowest BCUT2D eigenvalue weighted by Crippen LogP contribution is -2.31. The van der Waals surface area contributed by atoms with Crippen molar-refractivity contribution < 1.29 is 35.9 Å². The fraction of sp³-hybridized carbons (Fsp3) is 0.125. The Labute approximate surface area is 152 Å². The van der Waals surface area contributed by atoms with Crippen LogP contribution in [0.1, 0.15) is 17.3 Å². The van der Waals surface area contributed by atoms with E-state index in [-0.39, 0.29) is 0 Å². The molecule has 27 heavy (non-hydrogen) atoms. The summed E-state index contributed by atoms with van der Waals surface area (Å²) in [5.74, 6) is -5.66. The van der Waals surface area contributed by atoms with Crippen molar-refractivity contribution in [3.05, 3.63) is 59.4 Å². The molecule has 0 spiro atoms. The number of carbonyl (C=O) groups is 2. The maximum absolute atomic E-state index is 13.8. The molecule has 1 amide bonds. The smallest absolute Gasteiger partial charge is 0.341 e. The molecule has 2 aromatic rings. The molecule has 144 valence electrons. The Balaban J connectivity index is 2.17. The van der Waals surface area contributed by atoms with Gasteiger partial charge in [-0.25, -0.2) is 31.5 Å². The molecule has 0 bridgehead atoms. The number of rotatable bonds is 5. The minimum atomic E-state index is -4.21. The van der Waals surface area contributed by atoms with Crippen LogP contribution >= 0.6 is 0 Å². The number of hydrogen-bond acceptors (Lipinski definition) is 5. The van der Waals surface area contributed by atoms with Crippen molar-refractivity contribution in [2.75, 3.05) is 5.32 Å². The number of amides is 1. The molecule has 0 radical (unpaired) electrons. The number of halogens is 3. The van der Waals surface area contributed by atoms with Gasteiger partial charge in [-0.3, -0.25) is 4.79 Å². The van der Waals surface area contributed by atoms with Crippen LogP contribution in [0.2, 0.25) is 0 Å². The predicted molar refractivity (Wildman–Crippen MR) is 87.6 cm³/mol. The van der Waals surface area contributed by atoms with E-state index in [1.165, 1.54) is 0 Å². The third kappa shape index (κ3) is 4.83. The molecule has 0 unspecified atom stereocenters. The Morgan fingerprint density at radius 2 is 1.67 bits per heavy atom. The van der Waals surface area contributed by atoms with Gasteiger partial charge in [-0.15, -0.1) is 0 Å². The van der Waals surface area contributed by atoms with E-state index in [9.17, 15) is 31.2 Å². The molecule has 0 heterocycles. The van der Waals surface area contributed by atoms with Gasteiger partial charge in [0.1, 0.15) is 23.1 Å². The SMILES string of the molecule is C[C@@H](OC(=O)c1cc(S(N)(=O)=O)ccc1F)C(=O)Nc1c(F)cccc1F. The first-order valence-corrected chi connectivity index (χ1v) is 8.83. The van der Waals surface area contributed by atoms with E-state index in [0.29, 0.717) is 12.1 Å². The van der Waals surface area contributed by atoms with Gasteiger partial charge in [0.15, 0.2) is 6.10 Å². The van der Waals surface area contributed by atoms with E-state index < -0.39 is 61.6 Å². The second kappa shape index (κ2) is 7.76. The van der Waals surface area contributed by atoms with Crippen LogP contribution in [0.5, 0.6) is 0 Å². The summed E-state index contributed by atoms with van der Waals surface area (Å²) in [6.45, 7) is 1.08. The number of nitrogens with one attached hydrogen (secondary N) is 1. The molecule has 0 aliphatic heterocycles. The van der Waals surface area contributed by atoms with Gasteiger partial charge in [-0.05, 0) is 37.3 Å². The fourth-order valence-electron chi connectivity index (χ4n) is 1.96. The van der Waals surface area contributed by atoms with E-state index >= 15 is 0 Å². The number of carbonyl (C=O) groups excluding carboxylic acids is 2. The van der Waals surface area contributed by atoms with Crippen LogP contribution in [0.15, 0.2) is 41.3 Å². The summed E-state index contributed by atoms with van der Waals surface area (Å²) < 4.78 is 68.1. The third-order valence-electron chi connectivity index (χ3n) is 3.35. The molecule has 0 aliphatic rings. The zero-order valence-corrected chi connectivity index (χ0v) is 14.5. The van der Waals surface area contributed by atoms with Gasteiger partial charge in [0.05, 0.1) is 10.5 Å². The lowest BCUT2D eigenvalue weighted by atomic mass is 10.2. The van der Waals surface area contributed by atoms with Crippen LogP contribution in [0.4, 0.5) is 18.9 Å². The van der Waals surface area contributed by atoms with Crippen molar-refractivity contribution >= 4 is 27.6 Å². The van der Waals surface area contributed by atoms with Crippen LogP contribution in [-0.2, 0) is 19.6 Å². The van der Waals surface area contributed by atoms with Crippen molar-refractivity contribution in [2.24, 2.45) is 5.14 Å². The molecule has 3 N–H and O–H groups in total. The Bertz CT molecular complexity index is 991. The molecule has 11 heteroatoms. The number of esters is 1. The maximum atomic E-state index is 13.8. The topological polar surface area (TPSA) is 116 Å². The Morgan fingerprint density at radius 3 is 2.22 bits per heavy atom.